The second kappa shape index (κ2) is 7.55. The Balaban J connectivity index is 1.34. The van der Waals surface area contributed by atoms with Crippen molar-refractivity contribution in [1.29, 1.82) is 0 Å². The molecule has 0 radical (unpaired) electrons. The van der Waals surface area contributed by atoms with Crippen molar-refractivity contribution >= 4 is 17.9 Å². The van der Waals surface area contributed by atoms with Crippen LogP contribution in [0.25, 0.3) is 0 Å². The van der Waals surface area contributed by atoms with Crippen LogP contribution >= 0.6 is 0 Å². The van der Waals surface area contributed by atoms with Crippen molar-refractivity contribution < 1.29 is 38.8 Å². The zero-order valence-electron chi connectivity index (χ0n) is 22.9. The van der Waals surface area contributed by atoms with Crippen LogP contribution in [0.5, 0.6) is 0 Å². The number of ether oxygens (including phenoxy) is 3. The summed E-state index contributed by atoms with van der Waals surface area (Å²) in [6.45, 7) is 9.13. The molecule has 9 fully saturated rings. The average Bonchev–Trinajstić information content (AvgIpc) is 3.28. The van der Waals surface area contributed by atoms with E-state index in [-0.39, 0.29) is 29.8 Å². The molecule has 9 nitrogen and oxygen atoms in total. The van der Waals surface area contributed by atoms with Crippen molar-refractivity contribution in [2.75, 3.05) is 0 Å². The minimum absolute atomic E-state index is 0.0222. The van der Waals surface area contributed by atoms with Gasteiger partial charge >= 0.3 is 17.9 Å². The van der Waals surface area contributed by atoms with Gasteiger partial charge in [-0.25, -0.2) is 4.79 Å². The Hall–Kier alpha value is -2.75. The van der Waals surface area contributed by atoms with Crippen molar-refractivity contribution in [2.24, 2.45) is 39.9 Å². The second-order valence-corrected chi connectivity index (χ2v) is 13.7. The maximum Gasteiger partial charge on any atom is 0.338 e. The van der Waals surface area contributed by atoms with Gasteiger partial charge in [-0.15, -0.1) is 0 Å². The molecule has 212 valence electrons. The summed E-state index contributed by atoms with van der Waals surface area (Å²) >= 11 is 0. The van der Waals surface area contributed by atoms with Gasteiger partial charge in [-0.2, -0.15) is 0 Å². The first kappa shape index (κ1) is 25.0. The maximum absolute atomic E-state index is 13.4. The zero-order valence-corrected chi connectivity index (χ0v) is 22.9. The van der Waals surface area contributed by atoms with Crippen LogP contribution in [-0.4, -0.2) is 75.7 Å². The van der Waals surface area contributed by atoms with Crippen molar-refractivity contribution in [3.05, 3.63) is 48.0 Å². The summed E-state index contributed by atoms with van der Waals surface area (Å²) in [5.41, 5.74) is -0.558. The van der Waals surface area contributed by atoms with E-state index in [0.717, 1.165) is 12.0 Å². The molecule has 1 unspecified atom stereocenters. The highest BCUT2D eigenvalue weighted by molar-refractivity contribution is 5.89. The highest BCUT2D eigenvalue weighted by Crippen LogP contribution is 2.88. The predicted molar refractivity (Wildman–Crippen MR) is 138 cm³/mol. The van der Waals surface area contributed by atoms with Crippen LogP contribution in [0.3, 0.4) is 0 Å². The smallest absolute Gasteiger partial charge is 0.338 e. The van der Waals surface area contributed by atoms with E-state index in [1.54, 1.807) is 24.3 Å². The van der Waals surface area contributed by atoms with Gasteiger partial charge in [0, 0.05) is 54.5 Å². The molecule has 9 heteroatoms. The zero-order chi connectivity index (χ0) is 28.1. The van der Waals surface area contributed by atoms with Gasteiger partial charge in [-0.05, 0) is 42.7 Å². The molecule has 1 aromatic rings. The number of esters is 3. The Kier molecular flexibility index (Phi) is 4.72. The Bertz CT molecular complexity index is 1360. The molecule has 10 rings (SSSR count). The molecule has 0 amide bonds. The summed E-state index contributed by atoms with van der Waals surface area (Å²) in [4.78, 5) is 40.9. The van der Waals surface area contributed by atoms with Crippen molar-refractivity contribution in [3.63, 3.8) is 0 Å². The minimum Gasteiger partial charge on any atom is -0.461 e. The summed E-state index contributed by atoms with van der Waals surface area (Å²) in [5, 5.41) is 23.8. The quantitative estimate of drug-likeness (QED) is 0.330. The van der Waals surface area contributed by atoms with Crippen LogP contribution in [0.2, 0.25) is 0 Å². The largest absolute Gasteiger partial charge is 0.461 e. The van der Waals surface area contributed by atoms with Crippen LogP contribution < -0.4 is 0 Å². The maximum atomic E-state index is 13.4. The third-order valence-electron chi connectivity index (χ3n) is 12.3. The molecule has 3 heterocycles. The molecule has 3 saturated heterocycles. The number of piperidine rings is 2. The average molecular weight is 550 g/mol. The van der Waals surface area contributed by atoms with Gasteiger partial charge in [0.1, 0.15) is 24.5 Å². The molecule has 6 aliphatic carbocycles. The number of carbonyl (C=O) groups is 3. The SMILES string of the molecule is C=C1C[C@@]23C[C@H]4[C@@H]5[C@@]6(C)C[C@H](OC(=O)c7ccccc7)[C@@H](OC(C)=O)[C@@]57[C@@H]2[C@H](OC(C)=O)[C@@H]1[C@H](O)[C@@H]3[C@H]7N4[C@@H]6O. The highest BCUT2D eigenvalue weighted by atomic mass is 16.6. The first-order chi connectivity index (χ1) is 19.0. The predicted octanol–water partition coefficient (Wildman–Crippen LogP) is 2.06. The lowest BCUT2D eigenvalue weighted by molar-refractivity contribution is -0.266. The van der Waals surface area contributed by atoms with Gasteiger partial charge in [0.2, 0.25) is 0 Å². The van der Waals surface area contributed by atoms with Crippen LogP contribution in [0, 0.1) is 39.9 Å². The van der Waals surface area contributed by atoms with E-state index in [4.69, 9.17) is 14.2 Å². The Labute approximate surface area is 232 Å². The molecule has 3 aliphatic heterocycles. The minimum atomic E-state index is -0.817. The van der Waals surface area contributed by atoms with E-state index < -0.39 is 70.7 Å². The van der Waals surface area contributed by atoms with Crippen molar-refractivity contribution in [2.45, 2.75) is 82.8 Å². The van der Waals surface area contributed by atoms with Crippen molar-refractivity contribution in [1.82, 2.24) is 4.90 Å². The van der Waals surface area contributed by atoms with E-state index in [2.05, 4.69) is 18.4 Å². The monoisotopic (exact) mass is 549 g/mol. The van der Waals surface area contributed by atoms with Gasteiger partial charge < -0.3 is 24.4 Å². The molecule has 40 heavy (non-hydrogen) atoms. The first-order valence-corrected chi connectivity index (χ1v) is 14.4. The normalized spacial score (nSPS) is 53.5. The number of nitrogens with zero attached hydrogens (tertiary/aromatic N) is 1. The van der Waals surface area contributed by atoms with E-state index >= 15 is 0 Å². The molecule has 2 spiro atoms. The standard InChI is InChI=1S/C31H35NO8/c1-13-10-30-11-17-23-29(4)12-18(40-27(36)16-8-6-5-7-9-16)26(39-15(3)34)31(23)24(30)22(38-14(2)33)19(13)21(35)20(30)25(31)32(17)28(29)37/h5-9,17-26,28,35,37H,1,10-12H2,2-4H3/t17-,18-,19-,20+,21-,22+,23+,24+,25+,26+,28+,29+,30-,31+/m0/s1. The van der Waals surface area contributed by atoms with E-state index in [9.17, 15) is 24.6 Å². The fourth-order valence-electron chi connectivity index (χ4n) is 12.0. The number of aliphatic hydroxyl groups is 2. The lowest BCUT2D eigenvalue weighted by Crippen LogP contribution is -2.72. The number of hydrogen-bond acceptors (Lipinski definition) is 9. The van der Waals surface area contributed by atoms with Crippen LogP contribution in [0.4, 0.5) is 0 Å². The summed E-state index contributed by atoms with van der Waals surface area (Å²) in [7, 11) is 0. The topological polar surface area (TPSA) is 123 Å². The van der Waals surface area contributed by atoms with Crippen LogP contribution in [0.15, 0.2) is 42.5 Å². The first-order valence-electron chi connectivity index (χ1n) is 14.4. The molecule has 9 aliphatic rings. The highest BCUT2D eigenvalue weighted by Gasteiger charge is 2.94. The fraction of sp³-hybridized carbons (Fsp3) is 0.645. The Morgan fingerprint density at radius 1 is 1.00 bits per heavy atom. The number of hydrogen-bond donors (Lipinski definition) is 2. The van der Waals surface area contributed by atoms with Gasteiger partial charge in [-0.1, -0.05) is 37.3 Å². The molecule has 1 aromatic carbocycles. The second-order valence-electron chi connectivity index (χ2n) is 13.7. The van der Waals surface area contributed by atoms with Crippen molar-refractivity contribution in [3.8, 4) is 0 Å². The molecular formula is C31H35NO8. The summed E-state index contributed by atoms with van der Waals surface area (Å²) in [6, 6.07) is 8.42. The third kappa shape index (κ3) is 2.51. The molecule has 6 saturated carbocycles. The summed E-state index contributed by atoms with van der Waals surface area (Å²) in [6.07, 6.45) is -2.10. The van der Waals surface area contributed by atoms with Crippen LogP contribution in [-0.2, 0) is 23.8 Å². The number of fused-ring (bicyclic) bond motifs is 1. The number of benzene rings is 1. The van der Waals surface area contributed by atoms with Crippen LogP contribution in [0.1, 0.15) is 50.4 Å². The third-order valence-corrected chi connectivity index (χ3v) is 12.3. The molecule has 0 aromatic heterocycles. The molecule has 9 bridgehead atoms. The molecule has 2 N–H and O–H groups in total. The Morgan fingerprint density at radius 2 is 1.70 bits per heavy atom. The van der Waals surface area contributed by atoms with E-state index in [1.165, 1.54) is 13.8 Å². The number of aliphatic hydroxyl groups excluding tert-OH is 2. The fourth-order valence-corrected chi connectivity index (χ4v) is 12.0. The van der Waals surface area contributed by atoms with Gasteiger partial charge in [0.05, 0.1) is 11.7 Å². The van der Waals surface area contributed by atoms with Gasteiger partial charge in [0.15, 0.2) is 0 Å². The van der Waals surface area contributed by atoms with Gasteiger partial charge in [-0.3, -0.25) is 14.5 Å². The van der Waals surface area contributed by atoms with E-state index in [0.29, 0.717) is 18.4 Å². The lowest BCUT2D eigenvalue weighted by atomic mass is 9.39. The molecule has 15 atom stereocenters. The summed E-state index contributed by atoms with van der Waals surface area (Å²) < 4.78 is 18.6. The Morgan fingerprint density at radius 3 is 2.38 bits per heavy atom. The lowest BCUT2D eigenvalue weighted by Gasteiger charge is -2.67. The summed E-state index contributed by atoms with van der Waals surface area (Å²) in [5.74, 6) is -2.40. The molecular weight excluding hydrogens is 514 g/mol. The van der Waals surface area contributed by atoms with E-state index in [1.807, 2.05) is 6.07 Å². The number of carbonyl (C=O) groups excluding carboxylic acids is 3. The number of rotatable bonds is 4. The van der Waals surface area contributed by atoms with Gasteiger partial charge in [0.25, 0.3) is 0 Å².